The van der Waals surface area contributed by atoms with Crippen molar-refractivity contribution in [2.24, 2.45) is 0 Å². The highest BCUT2D eigenvalue weighted by atomic mass is 32.2. The molecule has 0 amide bonds. The maximum Gasteiger partial charge on any atom is 0.0453 e. The van der Waals surface area contributed by atoms with E-state index in [1.165, 1.54) is 57.8 Å². The summed E-state index contributed by atoms with van der Waals surface area (Å²) in [7, 11) is 0. The number of rotatable bonds is 11. The van der Waals surface area contributed by atoms with Crippen LogP contribution in [0.15, 0.2) is 12.7 Å². The van der Waals surface area contributed by atoms with Crippen molar-refractivity contribution in [3.8, 4) is 0 Å². The van der Waals surface area contributed by atoms with Gasteiger partial charge in [-0.3, -0.25) is 0 Å². The lowest BCUT2D eigenvalue weighted by atomic mass is 10.1. The molecule has 0 nitrogen and oxygen atoms in total. The largest absolute Gasteiger partial charge is 0.112 e. The van der Waals surface area contributed by atoms with Crippen LogP contribution in [-0.4, -0.2) is 9.45 Å². The van der Waals surface area contributed by atoms with Crippen LogP contribution in [0.4, 0.5) is 0 Å². The van der Waals surface area contributed by atoms with Crippen molar-refractivity contribution in [1.29, 1.82) is 0 Å². The first-order valence-electron chi connectivity index (χ1n) is 7.00. The van der Waals surface area contributed by atoms with Crippen LogP contribution in [0.25, 0.3) is 0 Å². The molecule has 1 unspecified atom stereocenters. The van der Waals surface area contributed by atoms with Gasteiger partial charge in [-0.1, -0.05) is 76.6 Å². The zero-order valence-corrected chi connectivity index (χ0v) is 13.2. The van der Waals surface area contributed by atoms with E-state index in [4.69, 9.17) is 12.2 Å². The van der Waals surface area contributed by atoms with Gasteiger partial charge in [-0.25, -0.2) is 0 Å². The van der Waals surface area contributed by atoms with Gasteiger partial charge in [0.05, 0.1) is 0 Å². The second-order valence-corrected chi connectivity index (χ2v) is 6.97. The zero-order chi connectivity index (χ0) is 12.9. The van der Waals surface area contributed by atoms with Crippen molar-refractivity contribution in [3.05, 3.63) is 12.7 Å². The zero-order valence-electron chi connectivity index (χ0n) is 11.5. The third kappa shape index (κ3) is 12.4. The first kappa shape index (κ1) is 17.2. The molecular formula is C15H28S2. The van der Waals surface area contributed by atoms with Crippen LogP contribution in [0.3, 0.4) is 0 Å². The molecule has 0 aromatic carbocycles. The summed E-state index contributed by atoms with van der Waals surface area (Å²) in [6, 6.07) is 0. The lowest BCUT2D eigenvalue weighted by molar-refractivity contribution is 0.568. The molecule has 0 aliphatic rings. The van der Waals surface area contributed by atoms with E-state index in [9.17, 15) is 0 Å². The first-order valence-corrected chi connectivity index (χ1v) is 8.29. The minimum atomic E-state index is 0.535. The molecule has 17 heavy (non-hydrogen) atoms. The van der Waals surface area contributed by atoms with Gasteiger partial charge in [0.25, 0.3) is 0 Å². The molecule has 0 saturated carbocycles. The Hall–Kier alpha value is 0.180. The standard InChI is InChI=1S/C15H28S2/c1-4-6-7-8-9-10-11-12-13-15(5-2)17-14(3)16/h5,15H,2,4,6-13H2,1,3H3. The molecule has 1 atom stereocenters. The van der Waals surface area contributed by atoms with Crippen LogP contribution in [0.2, 0.25) is 0 Å². The highest BCUT2D eigenvalue weighted by Crippen LogP contribution is 2.21. The van der Waals surface area contributed by atoms with E-state index in [2.05, 4.69) is 13.5 Å². The molecule has 0 rings (SSSR count). The Labute approximate surface area is 118 Å². The average Bonchev–Trinajstić information content (AvgIpc) is 2.30. The maximum atomic E-state index is 5.11. The second-order valence-electron chi connectivity index (χ2n) is 4.65. The van der Waals surface area contributed by atoms with Crippen LogP contribution in [0.1, 0.15) is 71.6 Å². The number of hydrogen-bond acceptors (Lipinski definition) is 2. The highest BCUT2D eigenvalue weighted by Gasteiger charge is 2.05. The molecule has 0 aromatic heterocycles. The van der Waals surface area contributed by atoms with Crippen molar-refractivity contribution in [3.63, 3.8) is 0 Å². The predicted molar refractivity (Wildman–Crippen MR) is 87.1 cm³/mol. The molecular weight excluding hydrogens is 244 g/mol. The number of thiocarbonyl (C=S) groups is 1. The second kappa shape index (κ2) is 12.6. The van der Waals surface area contributed by atoms with Crippen molar-refractivity contribution in [2.45, 2.75) is 76.9 Å². The Morgan fingerprint density at radius 1 is 1.12 bits per heavy atom. The Morgan fingerprint density at radius 2 is 1.65 bits per heavy atom. The van der Waals surface area contributed by atoms with Gasteiger partial charge in [-0.15, -0.1) is 18.3 Å². The third-order valence-electron chi connectivity index (χ3n) is 2.92. The fraction of sp³-hybridized carbons (Fsp3) is 0.800. The fourth-order valence-electron chi connectivity index (χ4n) is 1.92. The van der Waals surface area contributed by atoms with E-state index in [0.717, 1.165) is 4.20 Å². The Kier molecular flexibility index (Phi) is 12.8. The molecule has 0 fully saturated rings. The molecule has 0 aromatic rings. The normalized spacial score (nSPS) is 12.4. The van der Waals surface area contributed by atoms with E-state index < -0.39 is 0 Å². The van der Waals surface area contributed by atoms with E-state index in [0.29, 0.717) is 5.25 Å². The smallest absolute Gasteiger partial charge is 0.0453 e. The van der Waals surface area contributed by atoms with Crippen LogP contribution < -0.4 is 0 Å². The summed E-state index contributed by atoms with van der Waals surface area (Å²) in [6.45, 7) is 8.16. The van der Waals surface area contributed by atoms with Crippen molar-refractivity contribution in [2.75, 3.05) is 0 Å². The SMILES string of the molecule is C=CC(CCCCCCCCCC)SC(C)=S. The molecule has 2 heteroatoms. The lowest BCUT2D eigenvalue weighted by Crippen LogP contribution is -2.00. The average molecular weight is 273 g/mol. The molecule has 0 radical (unpaired) electrons. The van der Waals surface area contributed by atoms with Gasteiger partial charge in [-0.05, 0) is 13.3 Å². The van der Waals surface area contributed by atoms with Crippen LogP contribution in [-0.2, 0) is 0 Å². The van der Waals surface area contributed by atoms with Crippen molar-refractivity contribution < 1.29 is 0 Å². The van der Waals surface area contributed by atoms with Gasteiger partial charge in [0, 0.05) is 9.45 Å². The number of hydrogen-bond donors (Lipinski definition) is 0. The maximum absolute atomic E-state index is 5.11. The number of unbranched alkanes of at least 4 members (excludes halogenated alkanes) is 7. The predicted octanol–water partition coefficient (Wildman–Crippen LogP) is 6.15. The monoisotopic (exact) mass is 272 g/mol. The molecule has 0 aliphatic heterocycles. The molecule has 0 aliphatic carbocycles. The van der Waals surface area contributed by atoms with Gasteiger partial charge in [-0.2, -0.15) is 0 Å². The molecule has 100 valence electrons. The quantitative estimate of drug-likeness (QED) is 0.251. The lowest BCUT2D eigenvalue weighted by Gasteiger charge is -2.10. The van der Waals surface area contributed by atoms with Gasteiger partial charge in [0.1, 0.15) is 0 Å². The van der Waals surface area contributed by atoms with Crippen LogP contribution in [0.5, 0.6) is 0 Å². The van der Waals surface area contributed by atoms with E-state index in [-0.39, 0.29) is 0 Å². The third-order valence-corrected chi connectivity index (χ3v) is 4.27. The van der Waals surface area contributed by atoms with Crippen molar-refractivity contribution in [1.82, 2.24) is 0 Å². The first-order chi connectivity index (χ1) is 8.20. The summed E-state index contributed by atoms with van der Waals surface area (Å²) < 4.78 is 1.04. The Balaban J connectivity index is 3.31. The van der Waals surface area contributed by atoms with Gasteiger partial charge < -0.3 is 0 Å². The van der Waals surface area contributed by atoms with E-state index in [1.54, 1.807) is 11.8 Å². The van der Waals surface area contributed by atoms with Gasteiger partial charge >= 0.3 is 0 Å². The van der Waals surface area contributed by atoms with E-state index in [1.807, 2.05) is 13.0 Å². The topological polar surface area (TPSA) is 0 Å². The van der Waals surface area contributed by atoms with Crippen molar-refractivity contribution >= 4 is 28.2 Å². The summed E-state index contributed by atoms with van der Waals surface area (Å²) in [5.41, 5.74) is 0. The molecule has 0 N–H and O–H groups in total. The summed E-state index contributed by atoms with van der Waals surface area (Å²) in [5.74, 6) is 0. The highest BCUT2D eigenvalue weighted by molar-refractivity contribution is 8.23. The Morgan fingerprint density at radius 3 is 2.12 bits per heavy atom. The molecule has 0 bridgehead atoms. The van der Waals surface area contributed by atoms with Gasteiger partial charge in [0.2, 0.25) is 0 Å². The summed E-state index contributed by atoms with van der Waals surface area (Å²) in [6.07, 6.45) is 14.4. The molecule has 0 heterocycles. The molecule has 0 saturated heterocycles. The van der Waals surface area contributed by atoms with Crippen LogP contribution in [0, 0.1) is 0 Å². The minimum Gasteiger partial charge on any atom is -0.112 e. The number of thioether (sulfide) groups is 1. The fourth-order valence-corrected chi connectivity index (χ4v) is 3.10. The van der Waals surface area contributed by atoms with E-state index >= 15 is 0 Å². The summed E-state index contributed by atoms with van der Waals surface area (Å²) >= 11 is 6.90. The summed E-state index contributed by atoms with van der Waals surface area (Å²) in [5, 5.41) is 0.535. The van der Waals surface area contributed by atoms with Crippen LogP contribution >= 0.6 is 24.0 Å². The summed E-state index contributed by atoms with van der Waals surface area (Å²) in [4.78, 5) is 0. The Bertz CT molecular complexity index is 199. The minimum absolute atomic E-state index is 0.535. The van der Waals surface area contributed by atoms with Gasteiger partial charge in [0.15, 0.2) is 0 Å². The molecule has 0 spiro atoms.